The highest BCUT2D eigenvalue weighted by Crippen LogP contribution is 2.32. The van der Waals surface area contributed by atoms with Gasteiger partial charge < -0.3 is 14.6 Å². The second-order valence-electron chi connectivity index (χ2n) is 5.22. The standard InChI is InChI=1S/C13H12N4O4S/c18-8-3-1-2-7(4-8)16-13(22)17(15-14-16)9-5-10(19)12-20-6-11(9)21-12/h1-4,9,11-12,18H,5-6H2/t9-,11+,12+/m1/s1. The minimum Gasteiger partial charge on any atom is -0.508 e. The first-order valence-corrected chi connectivity index (χ1v) is 7.18. The summed E-state index contributed by atoms with van der Waals surface area (Å²) in [5.74, 6) is -0.00952. The van der Waals surface area contributed by atoms with E-state index >= 15 is 0 Å². The molecule has 0 aliphatic carbocycles. The number of benzene rings is 1. The molecular weight excluding hydrogens is 308 g/mol. The number of aromatic hydroxyl groups is 1. The molecule has 4 rings (SSSR count). The van der Waals surface area contributed by atoms with Gasteiger partial charge in [0.25, 0.3) is 0 Å². The number of ether oxygens (including phenoxy) is 2. The van der Waals surface area contributed by atoms with Gasteiger partial charge in [-0.25, -0.2) is 4.68 Å². The number of nitrogens with zero attached hydrogens (tertiary/aromatic N) is 4. The number of phenolic OH excluding ortho intramolecular Hbond substituents is 1. The molecule has 1 aromatic heterocycles. The Morgan fingerprint density at radius 2 is 2.23 bits per heavy atom. The van der Waals surface area contributed by atoms with Gasteiger partial charge in [-0.05, 0) is 34.8 Å². The summed E-state index contributed by atoms with van der Waals surface area (Å²) in [6.45, 7) is 0.335. The van der Waals surface area contributed by atoms with Crippen LogP contribution in [0.5, 0.6) is 5.75 Å². The van der Waals surface area contributed by atoms with E-state index in [1.807, 2.05) is 0 Å². The highest BCUT2D eigenvalue weighted by molar-refractivity contribution is 7.71. The fraction of sp³-hybridized carbons (Fsp3) is 0.385. The molecule has 0 spiro atoms. The lowest BCUT2D eigenvalue weighted by Crippen LogP contribution is -2.37. The van der Waals surface area contributed by atoms with Gasteiger partial charge in [-0.1, -0.05) is 6.07 Å². The fourth-order valence-electron chi connectivity index (χ4n) is 2.72. The summed E-state index contributed by atoms with van der Waals surface area (Å²) in [4.78, 5) is 11.9. The molecule has 0 unspecified atom stereocenters. The molecule has 3 atom stereocenters. The molecule has 1 N–H and O–H groups in total. The van der Waals surface area contributed by atoms with Gasteiger partial charge in [0.15, 0.2) is 5.78 Å². The molecule has 0 radical (unpaired) electrons. The molecule has 2 fully saturated rings. The van der Waals surface area contributed by atoms with Crippen LogP contribution in [-0.2, 0) is 14.3 Å². The first-order chi connectivity index (χ1) is 10.6. The fourth-order valence-corrected chi connectivity index (χ4v) is 3.03. The topological polar surface area (TPSA) is 91.4 Å². The molecule has 0 saturated carbocycles. The van der Waals surface area contributed by atoms with Crippen LogP contribution in [0.25, 0.3) is 5.69 Å². The third-order valence-corrected chi connectivity index (χ3v) is 4.16. The Bertz CT molecular complexity index is 801. The summed E-state index contributed by atoms with van der Waals surface area (Å²) < 4.78 is 14.1. The summed E-state index contributed by atoms with van der Waals surface area (Å²) in [5, 5.41) is 17.6. The molecule has 1 aromatic carbocycles. The number of hydrogen-bond donors (Lipinski definition) is 1. The predicted octanol–water partition coefficient (Wildman–Crippen LogP) is 0.759. The molecule has 114 valence electrons. The number of tetrazole rings is 1. The summed E-state index contributed by atoms with van der Waals surface area (Å²) in [6.07, 6.45) is -0.761. The van der Waals surface area contributed by atoms with E-state index in [2.05, 4.69) is 10.4 Å². The summed E-state index contributed by atoms with van der Waals surface area (Å²) >= 11 is 5.40. The number of fused-ring (bicyclic) bond motifs is 2. The molecule has 2 aromatic rings. The van der Waals surface area contributed by atoms with Crippen LogP contribution in [0.1, 0.15) is 12.5 Å². The minimum absolute atomic E-state index is 0.108. The van der Waals surface area contributed by atoms with Gasteiger partial charge in [-0.2, -0.15) is 4.68 Å². The van der Waals surface area contributed by atoms with Crippen molar-refractivity contribution in [3.63, 3.8) is 0 Å². The van der Waals surface area contributed by atoms with Gasteiger partial charge in [0.2, 0.25) is 11.1 Å². The van der Waals surface area contributed by atoms with E-state index in [-0.39, 0.29) is 30.1 Å². The summed E-state index contributed by atoms with van der Waals surface area (Å²) in [7, 11) is 0. The molecule has 2 saturated heterocycles. The van der Waals surface area contributed by atoms with Gasteiger partial charge in [0.05, 0.1) is 18.3 Å². The quantitative estimate of drug-likeness (QED) is 0.817. The van der Waals surface area contributed by atoms with Crippen LogP contribution in [0.3, 0.4) is 0 Å². The number of carbonyl (C=O) groups excluding carboxylic acids is 1. The van der Waals surface area contributed by atoms with E-state index in [9.17, 15) is 9.90 Å². The maximum atomic E-state index is 11.9. The van der Waals surface area contributed by atoms with Crippen molar-refractivity contribution in [1.29, 1.82) is 0 Å². The van der Waals surface area contributed by atoms with Crippen LogP contribution >= 0.6 is 12.2 Å². The number of rotatable bonds is 2. The summed E-state index contributed by atoms with van der Waals surface area (Å²) in [5.41, 5.74) is 0.597. The second kappa shape index (κ2) is 4.97. The third kappa shape index (κ3) is 2.05. The Morgan fingerprint density at radius 1 is 1.36 bits per heavy atom. The van der Waals surface area contributed by atoms with Crippen molar-refractivity contribution in [1.82, 2.24) is 19.8 Å². The number of ketones is 1. The maximum Gasteiger partial charge on any atom is 0.221 e. The minimum atomic E-state index is -0.753. The SMILES string of the molecule is O=C1C[C@@H](n2nnn(-c3cccc(O)c3)c2=S)[C@@H]2CO[C@H]1O2. The van der Waals surface area contributed by atoms with E-state index in [1.165, 1.54) is 15.4 Å². The number of hydrogen-bond acceptors (Lipinski definition) is 7. The Hall–Kier alpha value is -2.10. The van der Waals surface area contributed by atoms with Crippen molar-refractivity contribution in [2.45, 2.75) is 24.9 Å². The Balaban J connectivity index is 1.73. The monoisotopic (exact) mass is 320 g/mol. The number of Topliss-reactive ketones (excluding diaryl/α,β-unsaturated/α-hetero) is 1. The van der Waals surface area contributed by atoms with Crippen molar-refractivity contribution in [3.05, 3.63) is 29.0 Å². The van der Waals surface area contributed by atoms with Crippen LogP contribution in [0, 0.1) is 4.77 Å². The highest BCUT2D eigenvalue weighted by Gasteiger charge is 2.45. The van der Waals surface area contributed by atoms with Crippen molar-refractivity contribution >= 4 is 18.0 Å². The molecule has 22 heavy (non-hydrogen) atoms. The average Bonchev–Trinajstić information content (AvgIpc) is 3.09. The second-order valence-corrected chi connectivity index (χ2v) is 5.58. The van der Waals surface area contributed by atoms with Gasteiger partial charge in [-0.3, -0.25) is 4.79 Å². The lowest BCUT2D eigenvalue weighted by molar-refractivity contribution is -0.156. The zero-order valence-corrected chi connectivity index (χ0v) is 12.1. The molecular formula is C13H12N4O4S. The lowest BCUT2D eigenvalue weighted by Gasteiger charge is -2.25. The number of aromatic nitrogens is 4. The first-order valence-electron chi connectivity index (χ1n) is 6.77. The van der Waals surface area contributed by atoms with Crippen LogP contribution in [0.15, 0.2) is 24.3 Å². The molecule has 3 heterocycles. The van der Waals surface area contributed by atoms with Crippen LogP contribution in [0.4, 0.5) is 0 Å². The number of carbonyl (C=O) groups is 1. The van der Waals surface area contributed by atoms with E-state index in [1.54, 1.807) is 18.2 Å². The lowest BCUT2D eigenvalue weighted by atomic mass is 10.0. The largest absolute Gasteiger partial charge is 0.508 e. The van der Waals surface area contributed by atoms with Crippen LogP contribution in [-0.4, -0.2) is 49.7 Å². The van der Waals surface area contributed by atoms with Gasteiger partial charge in [0, 0.05) is 12.5 Å². The average molecular weight is 320 g/mol. The van der Waals surface area contributed by atoms with Crippen molar-refractivity contribution in [2.75, 3.05) is 6.61 Å². The van der Waals surface area contributed by atoms with E-state index in [0.717, 1.165) is 0 Å². The first kappa shape index (κ1) is 13.6. The number of phenols is 1. The zero-order chi connectivity index (χ0) is 15.3. The van der Waals surface area contributed by atoms with Crippen LogP contribution in [0.2, 0.25) is 0 Å². The van der Waals surface area contributed by atoms with Gasteiger partial charge >= 0.3 is 0 Å². The highest BCUT2D eigenvalue weighted by atomic mass is 32.1. The van der Waals surface area contributed by atoms with Crippen molar-refractivity contribution in [3.8, 4) is 11.4 Å². The smallest absolute Gasteiger partial charge is 0.221 e. The van der Waals surface area contributed by atoms with Gasteiger partial charge in [0.1, 0.15) is 11.9 Å². The normalized spacial score (nSPS) is 27.3. The van der Waals surface area contributed by atoms with Crippen molar-refractivity contribution < 1.29 is 19.4 Å². The maximum absolute atomic E-state index is 11.9. The van der Waals surface area contributed by atoms with E-state index in [4.69, 9.17) is 21.7 Å². The zero-order valence-electron chi connectivity index (χ0n) is 11.3. The Kier molecular flexibility index (Phi) is 3.06. The van der Waals surface area contributed by atoms with Crippen LogP contribution < -0.4 is 0 Å². The summed E-state index contributed by atoms with van der Waals surface area (Å²) in [6, 6.07) is 6.21. The van der Waals surface area contributed by atoms with Crippen molar-refractivity contribution in [2.24, 2.45) is 0 Å². The molecule has 2 aliphatic heterocycles. The Labute approximate surface area is 129 Å². The third-order valence-electron chi connectivity index (χ3n) is 3.80. The molecule has 0 amide bonds. The predicted molar refractivity (Wildman–Crippen MR) is 75.1 cm³/mol. The molecule has 2 aliphatic rings. The van der Waals surface area contributed by atoms with E-state index < -0.39 is 6.29 Å². The molecule has 9 heteroatoms. The molecule has 2 bridgehead atoms. The Morgan fingerprint density at radius 3 is 3.05 bits per heavy atom. The van der Waals surface area contributed by atoms with E-state index in [0.29, 0.717) is 17.1 Å². The van der Waals surface area contributed by atoms with Gasteiger partial charge in [-0.15, -0.1) is 0 Å². The molecule has 8 nitrogen and oxygen atoms in total.